The molecular weight excluding hydrogens is 323 g/mol. The topological polar surface area (TPSA) is 82.1 Å². The average molecular weight is 344 g/mol. The molecule has 1 amide bonds. The summed E-state index contributed by atoms with van der Waals surface area (Å²) in [6.45, 7) is 0.719. The Morgan fingerprint density at radius 2 is 2.20 bits per heavy atom. The minimum absolute atomic E-state index is 0.0578. The molecule has 0 bridgehead atoms. The van der Waals surface area contributed by atoms with Crippen LogP contribution in [0.25, 0.3) is 0 Å². The van der Waals surface area contributed by atoms with E-state index in [1.165, 1.54) is 18.3 Å². The van der Waals surface area contributed by atoms with Crippen molar-refractivity contribution in [1.82, 2.24) is 20.3 Å². The van der Waals surface area contributed by atoms with Crippen LogP contribution >= 0.6 is 0 Å². The number of aliphatic hydroxyl groups is 1. The van der Waals surface area contributed by atoms with E-state index in [-0.39, 0.29) is 18.3 Å². The minimum atomic E-state index is -1.15. The Balaban J connectivity index is 1.51. The smallest absolute Gasteiger partial charge is 0.229 e. The molecule has 1 atom stereocenters. The highest BCUT2D eigenvalue weighted by Crippen LogP contribution is 2.46. The highest BCUT2D eigenvalue weighted by Gasteiger charge is 2.50. The van der Waals surface area contributed by atoms with E-state index in [9.17, 15) is 14.3 Å². The van der Waals surface area contributed by atoms with Crippen molar-refractivity contribution >= 4 is 5.91 Å². The van der Waals surface area contributed by atoms with Crippen molar-refractivity contribution in [2.45, 2.75) is 37.7 Å². The summed E-state index contributed by atoms with van der Waals surface area (Å²) in [5.74, 6) is -0.219. The molecule has 2 heterocycles. The van der Waals surface area contributed by atoms with Gasteiger partial charge in [-0.2, -0.15) is 15.4 Å². The van der Waals surface area contributed by atoms with Crippen LogP contribution in [0.4, 0.5) is 4.39 Å². The number of likely N-dealkylation sites (tertiary alicyclic amines) is 1. The maximum absolute atomic E-state index is 13.5. The molecule has 6 nitrogen and oxygen atoms in total. The van der Waals surface area contributed by atoms with Crippen LogP contribution in [0.1, 0.15) is 36.9 Å². The van der Waals surface area contributed by atoms with Crippen LogP contribution in [-0.4, -0.2) is 44.4 Å². The first-order valence-electron chi connectivity index (χ1n) is 8.63. The number of carbonyl (C=O) groups excluding carboxylic acids is 1. The van der Waals surface area contributed by atoms with Gasteiger partial charge in [0.25, 0.3) is 0 Å². The van der Waals surface area contributed by atoms with Gasteiger partial charge in [-0.15, -0.1) is 0 Å². The van der Waals surface area contributed by atoms with E-state index in [1.54, 1.807) is 11.0 Å². The molecule has 1 aromatic heterocycles. The second-order valence-corrected chi connectivity index (χ2v) is 7.30. The summed E-state index contributed by atoms with van der Waals surface area (Å²) in [5.41, 5.74) is -0.301. The van der Waals surface area contributed by atoms with Crippen LogP contribution < -0.4 is 0 Å². The molecule has 1 saturated heterocycles. The van der Waals surface area contributed by atoms with E-state index in [0.717, 1.165) is 24.8 Å². The number of nitrogens with zero attached hydrogens (tertiary/aromatic N) is 3. The van der Waals surface area contributed by atoms with Gasteiger partial charge in [0.05, 0.1) is 18.2 Å². The van der Waals surface area contributed by atoms with Crippen LogP contribution in [0, 0.1) is 11.2 Å². The Labute approximate surface area is 145 Å². The summed E-state index contributed by atoms with van der Waals surface area (Å²) in [6, 6.07) is 6.47. The largest absolute Gasteiger partial charge is 0.381 e. The zero-order chi connectivity index (χ0) is 17.5. The number of H-pyrrole nitrogens is 1. The van der Waals surface area contributed by atoms with Crippen molar-refractivity contribution in [3.05, 3.63) is 47.5 Å². The van der Waals surface area contributed by atoms with Crippen LogP contribution in [0.5, 0.6) is 0 Å². The lowest BCUT2D eigenvalue weighted by atomic mass is 9.64. The SMILES string of the molecule is O=C(N1CCC(O)(c2cn[nH]n2)C1)C1(Cc2cccc(F)c2)CCC1. The van der Waals surface area contributed by atoms with Crippen molar-refractivity contribution in [1.29, 1.82) is 0 Å². The third kappa shape index (κ3) is 2.82. The first-order valence-corrected chi connectivity index (χ1v) is 8.63. The Kier molecular flexibility index (Phi) is 3.83. The molecule has 0 spiro atoms. The molecule has 1 unspecified atom stereocenters. The van der Waals surface area contributed by atoms with E-state index in [4.69, 9.17) is 0 Å². The number of halogens is 1. The third-order valence-electron chi connectivity index (χ3n) is 5.62. The fourth-order valence-corrected chi connectivity index (χ4v) is 4.04. The highest BCUT2D eigenvalue weighted by atomic mass is 19.1. The van der Waals surface area contributed by atoms with Crippen LogP contribution in [0.2, 0.25) is 0 Å². The van der Waals surface area contributed by atoms with Crippen molar-refractivity contribution < 1.29 is 14.3 Å². The summed E-state index contributed by atoms with van der Waals surface area (Å²) in [5, 5.41) is 21.0. The Hall–Kier alpha value is -2.28. The monoisotopic (exact) mass is 344 g/mol. The number of rotatable bonds is 4. The molecule has 132 valence electrons. The first-order chi connectivity index (χ1) is 12.0. The molecule has 2 aliphatic rings. The lowest BCUT2D eigenvalue weighted by molar-refractivity contribution is -0.147. The van der Waals surface area contributed by atoms with Gasteiger partial charge in [-0.05, 0) is 37.0 Å². The fourth-order valence-electron chi connectivity index (χ4n) is 4.04. The predicted molar refractivity (Wildman–Crippen MR) is 87.9 cm³/mol. The molecular formula is C18H21FN4O2. The second-order valence-electron chi connectivity index (χ2n) is 7.30. The Bertz CT molecular complexity index is 775. The van der Waals surface area contributed by atoms with Gasteiger partial charge in [-0.1, -0.05) is 18.6 Å². The molecule has 0 radical (unpaired) electrons. The zero-order valence-corrected chi connectivity index (χ0v) is 13.9. The van der Waals surface area contributed by atoms with Gasteiger partial charge in [0.2, 0.25) is 5.91 Å². The second kappa shape index (κ2) is 5.91. The number of carbonyl (C=O) groups is 1. The van der Waals surface area contributed by atoms with Crippen molar-refractivity contribution in [2.24, 2.45) is 5.41 Å². The van der Waals surface area contributed by atoms with Gasteiger partial charge < -0.3 is 10.0 Å². The van der Waals surface area contributed by atoms with Crippen LogP contribution in [0.3, 0.4) is 0 Å². The highest BCUT2D eigenvalue weighted by molar-refractivity contribution is 5.84. The van der Waals surface area contributed by atoms with Crippen LogP contribution in [-0.2, 0) is 16.8 Å². The normalized spacial score (nSPS) is 25.0. The Morgan fingerprint density at radius 1 is 1.36 bits per heavy atom. The van der Waals surface area contributed by atoms with Gasteiger partial charge in [-0.25, -0.2) is 4.39 Å². The molecule has 1 aliphatic carbocycles. The molecule has 4 rings (SSSR count). The molecule has 2 N–H and O–H groups in total. The predicted octanol–water partition coefficient (Wildman–Crippen LogP) is 1.78. The number of benzene rings is 1. The molecule has 1 aromatic carbocycles. The maximum Gasteiger partial charge on any atom is 0.229 e. The van der Waals surface area contributed by atoms with E-state index >= 15 is 0 Å². The average Bonchev–Trinajstić information content (AvgIpc) is 3.21. The zero-order valence-electron chi connectivity index (χ0n) is 13.9. The summed E-state index contributed by atoms with van der Waals surface area (Å²) in [4.78, 5) is 14.9. The van der Waals surface area contributed by atoms with Gasteiger partial charge in [-0.3, -0.25) is 4.79 Å². The van der Waals surface area contributed by atoms with Crippen molar-refractivity contribution in [2.75, 3.05) is 13.1 Å². The quantitative estimate of drug-likeness (QED) is 0.886. The summed E-state index contributed by atoms with van der Waals surface area (Å²) >= 11 is 0. The van der Waals surface area contributed by atoms with Crippen molar-refractivity contribution in [3.63, 3.8) is 0 Å². The van der Waals surface area contributed by atoms with Crippen LogP contribution in [0.15, 0.2) is 30.5 Å². The van der Waals surface area contributed by atoms with Gasteiger partial charge in [0.1, 0.15) is 17.1 Å². The number of aromatic nitrogens is 3. The van der Waals surface area contributed by atoms with Gasteiger partial charge in [0.15, 0.2) is 0 Å². The number of hydrogen-bond donors (Lipinski definition) is 2. The van der Waals surface area contributed by atoms with Gasteiger partial charge in [0, 0.05) is 13.0 Å². The van der Waals surface area contributed by atoms with E-state index in [1.807, 2.05) is 6.07 Å². The molecule has 1 aliphatic heterocycles. The van der Waals surface area contributed by atoms with E-state index < -0.39 is 11.0 Å². The third-order valence-corrected chi connectivity index (χ3v) is 5.62. The number of β-amino-alcohol motifs (C(OH)–C–C–N with tert-alkyl or cyclic N) is 1. The summed E-state index contributed by atoms with van der Waals surface area (Å²) in [6.07, 6.45) is 5.11. The maximum atomic E-state index is 13.5. The first kappa shape index (κ1) is 16.2. The van der Waals surface area contributed by atoms with Crippen molar-refractivity contribution in [3.8, 4) is 0 Å². The molecule has 2 aromatic rings. The number of aromatic amines is 1. The van der Waals surface area contributed by atoms with E-state index in [2.05, 4.69) is 15.4 Å². The summed E-state index contributed by atoms with van der Waals surface area (Å²) < 4.78 is 13.5. The Morgan fingerprint density at radius 3 is 2.84 bits per heavy atom. The molecule has 1 saturated carbocycles. The van der Waals surface area contributed by atoms with Gasteiger partial charge >= 0.3 is 0 Å². The molecule has 7 heteroatoms. The number of nitrogens with one attached hydrogen (secondary N) is 1. The molecule has 2 fully saturated rings. The summed E-state index contributed by atoms with van der Waals surface area (Å²) in [7, 11) is 0. The number of hydrogen-bond acceptors (Lipinski definition) is 4. The number of amides is 1. The standard InChI is InChI=1S/C18H21FN4O2/c19-14-4-1-3-13(9-14)10-17(5-2-6-17)16(24)23-8-7-18(25,12-23)15-11-20-22-21-15/h1,3-4,9,11,25H,2,5-8,10,12H2,(H,20,21,22). The molecule has 25 heavy (non-hydrogen) atoms. The fraction of sp³-hybridized carbons (Fsp3) is 0.500. The lowest BCUT2D eigenvalue weighted by Crippen LogP contribution is -2.49. The van der Waals surface area contributed by atoms with E-state index in [0.29, 0.717) is 25.1 Å². The lowest BCUT2D eigenvalue weighted by Gasteiger charge is -2.43. The minimum Gasteiger partial charge on any atom is -0.381 e.